The number of nitrogens with zero attached hydrogens (tertiary/aromatic N) is 3. The maximum absolute atomic E-state index is 13.1. The topological polar surface area (TPSA) is 47.3 Å². The Morgan fingerprint density at radius 2 is 1.74 bits per heavy atom. The fourth-order valence-corrected chi connectivity index (χ4v) is 2.25. The molecule has 0 saturated carbocycles. The van der Waals surface area contributed by atoms with Crippen LogP contribution in [0.15, 0.2) is 35.6 Å². The van der Waals surface area contributed by atoms with Crippen molar-refractivity contribution in [2.75, 3.05) is 20.1 Å². The average Bonchev–Trinajstić information content (AvgIpc) is 2.53. The molecule has 0 rings (SSSR count). The third kappa shape index (κ3) is 7.76. The van der Waals surface area contributed by atoms with Crippen LogP contribution in [0.25, 0.3) is 0 Å². The highest BCUT2D eigenvalue weighted by Gasteiger charge is 2.38. The minimum Gasteiger partial charge on any atom is -0.354 e. The van der Waals surface area contributed by atoms with Gasteiger partial charge in [0.15, 0.2) is 0 Å². The number of hydrogen-bond acceptors (Lipinski definition) is 3. The van der Waals surface area contributed by atoms with Gasteiger partial charge in [0.05, 0.1) is 11.6 Å². The van der Waals surface area contributed by atoms with Gasteiger partial charge in [0.1, 0.15) is 12.6 Å². The smallest absolute Gasteiger partial charge is 0.354 e. The lowest BCUT2D eigenvalue weighted by molar-refractivity contribution is -0.152. The number of rotatable bonds is 7. The summed E-state index contributed by atoms with van der Waals surface area (Å²) in [5.41, 5.74) is -2.51. The molecule has 0 aliphatic carbocycles. The molecule has 1 unspecified atom stereocenters. The summed E-state index contributed by atoms with van der Waals surface area (Å²) < 4.78 is 78.2. The molecule has 0 aromatic rings. The second-order valence-electron chi connectivity index (χ2n) is 5.86. The van der Waals surface area contributed by atoms with Crippen LogP contribution in [0.5, 0.6) is 0 Å². The van der Waals surface area contributed by atoms with Gasteiger partial charge in [0, 0.05) is 24.9 Å². The summed E-state index contributed by atoms with van der Waals surface area (Å²) >= 11 is 0. The summed E-state index contributed by atoms with van der Waals surface area (Å²) in [6.07, 6.45) is -7.88. The second kappa shape index (κ2) is 9.48. The second-order valence-corrected chi connectivity index (χ2v) is 5.86. The minimum absolute atomic E-state index is 0.0625. The van der Waals surface area contributed by atoms with Gasteiger partial charge in [-0.15, -0.1) is 6.58 Å². The van der Waals surface area contributed by atoms with Gasteiger partial charge in [-0.2, -0.15) is 31.6 Å². The third-order valence-corrected chi connectivity index (χ3v) is 3.64. The Bertz CT molecular complexity index is 655. The van der Waals surface area contributed by atoms with Crippen molar-refractivity contribution in [3.05, 3.63) is 35.6 Å². The van der Waals surface area contributed by atoms with Gasteiger partial charge in [-0.25, -0.2) is 0 Å². The van der Waals surface area contributed by atoms with E-state index in [0.717, 1.165) is 18.7 Å². The molecule has 0 aromatic heterocycles. The van der Waals surface area contributed by atoms with Crippen LogP contribution < -0.4 is 0 Å². The van der Waals surface area contributed by atoms with Gasteiger partial charge in [0.2, 0.25) is 5.91 Å². The van der Waals surface area contributed by atoms with Crippen LogP contribution >= 0.6 is 0 Å². The van der Waals surface area contributed by atoms with Gasteiger partial charge in [0.25, 0.3) is 0 Å². The first-order valence-corrected chi connectivity index (χ1v) is 7.71. The van der Waals surface area contributed by atoms with Crippen molar-refractivity contribution in [3.8, 4) is 6.07 Å². The highest BCUT2D eigenvalue weighted by atomic mass is 19.4. The van der Waals surface area contributed by atoms with Gasteiger partial charge in [-0.1, -0.05) is 6.08 Å². The number of nitriles is 1. The largest absolute Gasteiger partial charge is 0.417 e. The fourth-order valence-electron chi connectivity index (χ4n) is 2.25. The Labute approximate surface area is 154 Å². The van der Waals surface area contributed by atoms with Gasteiger partial charge in [-0.3, -0.25) is 4.79 Å². The summed E-state index contributed by atoms with van der Waals surface area (Å²) in [6, 6.07) is -0.0454. The first-order chi connectivity index (χ1) is 12.2. The van der Waals surface area contributed by atoms with Gasteiger partial charge in [-0.05, 0) is 26.8 Å². The maximum Gasteiger partial charge on any atom is 0.417 e. The van der Waals surface area contributed by atoms with E-state index in [9.17, 15) is 31.1 Å². The van der Waals surface area contributed by atoms with E-state index in [1.54, 1.807) is 0 Å². The molecule has 10 heteroatoms. The predicted molar refractivity (Wildman–Crippen MR) is 88.2 cm³/mol. The lowest BCUT2D eigenvalue weighted by Crippen LogP contribution is -2.48. The van der Waals surface area contributed by atoms with Crippen LogP contribution in [0, 0.1) is 11.3 Å². The number of amides is 1. The lowest BCUT2D eigenvalue weighted by Gasteiger charge is -2.34. The molecule has 0 bridgehead atoms. The zero-order valence-electron chi connectivity index (χ0n) is 15.4. The highest BCUT2D eigenvalue weighted by Crippen LogP contribution is 2.31. The monoisotopic (exact) mass is 397 g/mol. The predicted octanol–water partition coefficient (Wildman–Crippen LogP) is 4.19. The van der Waals surface area contributed by atoms with E-state index >= 15 is 0 Å². The fraction of sp³-hybridized carbons (Fsp3) is 0.529. The Balaban J connectivity index is 6.13. The first-order valence-electron chi connectivity index (χ1n) is 7.71. The lowest BCUT2D eigenvalue weighted by atomic mass is 10.1. The number of halogens is 6. The average molecular weight is 397 g/mol. The molecule has 0 aromatic carbocycles. The first kappa shape index (κ1) is 24.6. The molecule has 27 heavy (non-hydrogen) atoms. The standard InChI is InChI=1S/C17H21F6N3O/c1-6-7-25(5)15(27)13(4)26(10-16(18,19)20)12(3)8-14(11(2)9-24)17(21,22)23/h6,8,13H,1,7,10H2,2-5H3/b12-8+,14-11-. The summed E-state index contributed by atoms with van der Waals surface area (Å²) in [4.78, 5) is 13.9. The van der Waals surface area contributed by atoms with E-state index in [1.807, 2.05) is 0 Å². The molecule has 0 N–H and O–H groups in total. The van der Waals surface area contributed by atoms with Crippen molar-refractivity contribution in [1.29, 1.82) is 5.26 Å². The zero-order chi connectivity index (χ0) is 21.6. The number of carbonyl (C=O) groups excluding carboxylic acids is 1. The molecule has 152 valence electrons. The molecule has 0 heterocycles. The van der Waals surface area contributed by atoms with Crippen LogP contribution in [0.1, 0.15) is 20.8 Å². The van der Waals surface area contributed by atoms with Crippen molar-refractivity contribution in [3.63, 3.8) is 0 Å². The Morgan fingerprint density at radius 3 is 2.11 bits per heavy atom. The Hall–Kier alpha value is -2.44. The van der Waals surface area contributed by atoms with Crippen LogP contribution in [0.2, 0.25) is 0 Å². The summed E-state index contributed by atoms with van der Waals surface area (Å²) in [5.74, 6) is -0.721. The number of hydrogen-bond donors (Lipinski definition) is 0. The van der Waals surface area contributed by atoms with E-state index in [-0.39, 0.29) is 6.54 Å². The molecular weight excluding hydrogens is 376 g/mol. The normalized spacial score (nSPS) is 14.8. The third-order valence-electron chi connectivity index (χ3n) is 3.64. The molecule has 0 fully saturated rings. The van der Waals surface area contributed by atoms with Crippen molar-refractivity contribution >= 4 is 5.91 Å². The molecule has 0 spiro atoms. The quantitative estimate of drug-likeness (QED) is 0.280. The van der Waals surface area contributed by atoms with Gasteiger partial charge >= 0.3 is 12.4 Å². The van der Waals surface area contributed by atoms with Crippen LogP contribution in [-0.4, -0.2) is 54.2 Å². The summed E-state index contributed by atoms with van der Waals surface area (Å²) in [7, 11) is 1.34. The van der Waals surface area contributed by atoms with Crippen LogP contribution in [0.4, 0.5) is 26.3 Å². The Morgan fingerprint density at radius 1 is 1.22 bits per heavy atom. The SMILES string of the molecule is C=CCN(C)C(=O)C(C)N(CC(F)(F)F)/C(C)=C/C(=C(\C)C#N)C(F)(F)F. The molecule has 0 saturated heterocycles. The van der Waals surface area contributed by atoms with E-state index in [0.29, 0.717) is 11.0 Å². The van der Waals surface area contributed by atoms with Crippen molar-refractivity contribution in [2.45, 2.75) is 39.2 Å². The molecule has 0 radical (unpaired) electrons. The van der Waals surface area contributed by atoms with Gasteiger partial charge < -0.3 is 9.80 Å². The molecule has 1 amide bonds. The molecule has 0 aliphatic rings. The Kier molecular flexibility index (Phi) is 8.63. The van der Waals surface area contributed by atoms with Crippen molar-refractivity contribution < 1.29 is 31.1 Å². The van der Waals surface area contributed by atoms with Crippen LogP contribution in [-0.2, 0) is 4.79 Å². The van der Waals surface area contributed by atoms with Crippen molar-refractivity contribution in [1.82, 2.24) is 9.80 Å². The molecule has 0 aliphatic heterocycles. The number of allylic oxidation sites excluding steroid dienone is 4. The van der Waals surface area contributed by atoms with E-state index in [1.165, 1.54) is 26.1 Å². The summed E-state index contributed by atoms with van der Waals surface area (Å²) in [5, 5.41) is 8.73. The highest BCUT2D eigenvalue weighted by molar-refractivity contribution is 5.81. The number of likely N-dealkylation sites (N-methyl/N-ethyl adjacent to an activating group) is 1. The number of carbonyl (C=O) groups is 1. The molecule has 4 nitrogen and oxygen atoms in total. The van der Waals surface area contributed by atoms with Crippen LogP contribution in [0.3, 0.4) is 0 Å². The minimum atomic E-state index is -4.93. The van der Waals surface area contributed by atoms with E-state index in [4.69, 9.17) is 5.26 Å². The maximum atomic E-state index is 13.1. The van der Waals surface area contributed by atoms with Crippen molar-refractivity contribution in [2.24, 2.45) is 0 Å². The number of alkyl halides is 6. The summed E-state index contributed by atoms with van der Waals surface area (Å²) in [6.45, 7) is 4.96. The molecule has 1 atom stereocenters. The zero-order valence-corrected chi connectivity index (χ0v) is 15.4. The van der Waals surface area contributed by atoms with E-state index < -0.39 is 47.7 Å². The van der Waals surface area contributed by atoms with E-state index in [2.05, 4.69) is 6.58 Å². The molecular formula is C17H21F6N3O.